The van der Waals surface area contributed by atoms with Crippen LogP contribution in [0.5, 0.6) is 5.75 Å². The van der Waals surface area contributed by atoms with Gasteiger partial charge in [0.15, 0.2) is 5.96 Å². The van der Waals surface area contributed by atoms with Crippen molar-refractivity contribution < 1.29 is 4.74 Å². The molecule has 1 rings (SSSR count). The number of nitrogens with zero attached hydrogens (tertiary/aromatic N) is 1. The first kappa shape index (κ1) is 20.0. The highest BCUT2D eigenvalue weighted by atomic mass is 127. The summed E-state index contributed by atoms with van der Waals surface area (Å²) in [6, 6.07) is 8.52. The lowest BCUT2D eigenvalue weighted by Crippen LogP contribution is -2.42. The lowest BCUT2D eigenvalue weighted by atomic mass is 10.2. The van der Waals surface area contributed by atoms with Crippen molar-refractivity contribution in [3.8, 4) is 5.75 Å². The fraction of sp³-hybridized carbons (Fsp3) is 0.562. The quantitative estimate of drug-likeness (QED) is 0.317. The van der Waals surface area contributed by atoms with Crippen LogP contribution in [-0.4, -0.2) is 32.2 Å². The highest BCUT2D eigenvalue weighted by Crippen LogP contribution is 2.15. The molecule has 0 spiro atoms. The van der Waals surface area contributed by atoms with Crippen LogP contribution in [0.3, 0.4) is 0 Å². The maximum Gasteiger partial charge on any atom is 0.191 e. The van der Waals surface area contributed by atoms with Crippen LogP contribution in [0.4, 0.5) is 0 Å². The zero-order valence-electron chi connectivity index (χ0n) is 13.5. The maximum atomic E-state index is 5.75. The van der Waals surface area contributed by atoms with Crippen LogP contribution in [0.25, 0.3) is 0 Å². The smallest absolute Gasteiger partial charge is 0.191 e. The van der Waals surface area contributed by atoms with E-state index in [0.29, 0.717) is 12.6 Å². The number of hydrogen-bond donors (Lipinski definition) is 2. The summed E-state index contributed by atoms with van der Waals surface area (Å²) in [6.45, 7) is 7.92. The molecule has 1 unspecified atom stereocenters. The fourth-order valence-electron chi connectivity index (χ4n) is 1.71. The molecule has 0 bridgehead atoms. The Kier molecular flexibility index (Phi) is 11.1. The minimum absolute atomic E-state index is 0. The van der Waals surface area contributed by atoms with Crippen molar-refractivity contribution >= 4 is 29.9 Å². The maximum absolute atomic E-state index is 5.75. The van der Waals surface area contributed by atoms with Crippen molar-refractivity contribution in [2.24, 2.45) is 4.99 Å². The molecule has 1 aromatic rings. The topological polar surface area (TPSA) is 45.7 Å². The Bertz CT molecular complexity index is 424. The first-order valence-electron chi connectivity index (χ1n) is 7.33. The molecule has 0 saturated carbocycles. The van der Waals surface area contributed by atoms with Crippen LogP contribution >= 0.6 is 24.0 Å². The Morgan fingerprint density at radius 2 is 2.05 bits per heavy atom. The molecule has 2 N–H and O–H groups in total. The summed E-state index contributed by atoms with van der Waals surface area (Å²) in [5.41, 5.74) is 1.18. The van der Waals surface area contributed by atoms with Gasteiger partial charge in [-0.05, 0) is 38.3 Å². The number of aryl methyl sites for hydroxylation is 1. The number of guanidine groups is 1. The molecule has 0 aliphatic rings. The normalized spacial score (nSPS) is 12.3. The molecular weight excluding hydrogens is 377 g/mol. The van der Waals surface area contributed by atoms with Crippen molar-refractivity contribution in [3.63, 3.8) is 0 Å². The van der Waals surface area contributed by atoms with Gasteiger partial charge in [0.2, 0.25) is 0 Å². The average molecular weight is 405 g/mol. The fourth-order valence-corrected chi connectivity index (χ4v) is 1.71. The van der Waals surface area contributed by atoms with E-state index in [1.807, 2.05) is 18.2 Å². The molecule has 1 atom stereocenters. The van der Waals surface area contributed by atoms with E-state index in [1.54, 1.807) is 7.05 Å². The third-order valence-electron chi connectivity index (χ3n) is 3.18. The van der Waals surface area contributed by atoms with Crippen molar-refractivity contribution in [2.75, 3.05) is 20.2 Å². The van der Waals surface area contributed by atoms with Gasteiger partial charge in [-0.25, -0.2) is 0 Å². The molecule has 0 aromatic heterocycles. The molecular formula is C16H28IN3O. The van der Waals surface area contributed by atoms with Gasteiger partial charge in [-0.2, -0.15) is 0 Å². The highest BCUT2D eigenvalue weighted by molar-refractivity contribution is 14.0. The molecule has 120 valence electrons. The predicted octanol–water partition coefficient (Wildman–Crippen LogP) is 3.35. The molecule has 0 heterocycles. The van der Waals surface area contributed by atoms with Crippen molar-refractivity contribution in [2.45, 2.75) is 39.7 Å². The van der Waals surface area contributed by atoms with E-state index in [4.69, 9.17) is 4.74 Å². The summed E-state index contributed by atoms with van der Waals surface area (Å²) >= 11 is 0. The summed E-state index contributed by atoms with van der Waals surface area (Å²) in [7, 11) is 1.79. The minimum atomic E-state index is 0. The standard InChI is InChI=1S/C16H27N3O.HI/c1-5-14(3)19-16(17-4)18-11-8-12-20-15-10-7-6-9-13(15)2;/h6-7,9-10,14H,5,8,11-12H2,1-4H3,(H2,17,18,19);1H. The van der Waals surface area contributed by atoms with Gasteiger partial charge in [0.25, 0.3) is 0 Å². The van der Waals surface area contributed by atoms with E-state index in [2.05, 4.69) is 42.5 Å². The van der Waals surface area contributed by atoms with E-state index in [0.717, 1.165) is 31.1 Å². The van der Waals surface area contributed by atoms with Crippen molar-refractivity contribution in [1.29, 1.82) is 0 Å². The second kappa shape index (κ2) is 11.7. The SMILES string of the molecule is CCC(C)NC(=NC)NCCCOc1ccccc1C.I. The Labute approximate surface area is 145 Å². The zero-order valence-corrected chi connectivity index (χ0v) is 15.8. The number of para-hydroxylation sites is 1. The van der Waals surface area contributed by atoms with Crippen LogP contribution in [0, 0.1) is 6.92 Å². The van der Waals surface area contributed by atoms with E-state index in [9.17, 15) is 0 Å². The molecule has 0 fully saturated rings. The molecule has 0 aliphatic heterocycles. The third-order valence-corrected chi connectivity index (χ3v) is 3.18. The lowest BCUT2D eigenvalue weighted by molar-refractivity contribution is 0.309. The number of rotatable bonds is 7. The predicted molar refractivity (Wildman–Crippen MR) is 101 cm³/mol. The number of aliphatic imine (C=N–C) groups is 1. The third kappa shape index (κ3) is 8.14. The van der Waals surface area contributed by atoms with E-state index in [1.165, 1.54) is 5.56 Å². The molecule has 0 radical (unpaired) electrons. The first-order valence-corrected chi connectivity index (χ1v) is 7.33. The minimum Gasteiger partial charge on any atom is -0.493 e. The number of hydrogen-bond acceptors (Lipinski definition) is 2. The molecule has 0 aliphatic carbocycles. The Morgan fingerprint density at radius 1 is 1.33 bits per heavy atom. The molecule has 0 saturated heterocycles. The number of nitrogens with one attached hydrogen (secondary N) is 2. The van der Waals surface area contributed by atoms with Crippen LogP contribution in [0.1, 0.15) is 32.3 Å². The summed E-state index contributed by atoms with van der Waals surface area (Å²) in [4.78, 5) is 4.20. The van der Waals surface area contributed by atoms with E-state index < -0.39 is 0 Å². The van der Waals surface area contributed by atoms with Crippen LogP contribution < -0.4 is 15.4 Å². The van der Waals surface area contributed by atoms with E-state index in [-0.39, 0.29) is 24.0 Å². The molecule has 1 aromatic carbocycles. The molecule has 21 heavy (non-hydrogen) atoms. The van der Waals surface area contributed by atoms with E-state index >= 15 is 0 Å². The lowest BCUT2D eigenvalue weighted by Gasteiger charge is -2.16. The molecule has 4 nitrogen and oxygen atoms in total. The second-order valence-electron chi connectivity index (χ2n) is 4.92. The number of ether oxygens (including phenoxy) is 1. The molecule has 5 heteroatoms. The highest BCUT2D eigenvalue weighted by Gasteiger charge is 2.02. The zero-order chi connectivity index (χ0) is 14.8. The average Bonchev–Trinajstić information content (AvgIpc) is 2.47. The van der Waals surface area contributed by atoms with Crippen LogP contribution in [0.15, 0.2) is 29.3 Å². The van der Waals surface area contributed by atoms with Gasteiger partial charge in [-0.15, -0.1) is 24.0 Å². The number of benzene rings is 1. The molecule has 0 amide bonds. The summed E-state index contributed by atoms with van der Waals surface area (Å²) in [5.74, 6) is 1.82. The van der Waals surface area contributed by atoms with Gasteiger partial charge in [-0.1, -0.05) is 25.1 Å². The summed E-state index contributed by atoms with van der Waals surface area (Å²) in [5, 5.41) is 6.63. The largest absolute Gasteiger partial charge is 0.493 e. The first-order chi connectivity index (χ1) is 9.67. The van der Waals surface area contributed by atoms with Gasteiger partial charge >= 0.3 is 0 Å². The van der Waals surface area contributed by atoms with Crippen molar-refractivity contribution in [1.82, 2.24) is 10.6 Å². The van der Waals surface area contributed by atoms with Crippen LogP contribution in [0.2, 0.25) is 0 Å². The Balaban J connectivity index is 0.00000400. The van der Waals surface area contributed by atoms with Gasteiger partial charge < -0.3 is 15.4 Å². The van der Waals surface area contributed by atoms with Crippen LogP contribution in [-0.2, 0) is 0 Å². The van der Waals surface area contributed by atoms with Crippen molar-refractivity contribution in [3.05, 3.63) is 29.8 Å². The van der Waals surface area contributed by atoms with Gasteiger partial charge in [0.1, 0.15) is 5.75 Å². The Morgan fingerprint density at radius 3 is 2.67 bits per heavy atom. The Hall–Kier alpha value is -0.980. The van der Waals surface area contributed by atoms with Gasteiger partial charge in [0, 0.05) is 19.6 Å². The number of halogens is 1. The monoisotopic (exact) mass is 405 g/mol. The summed E-state index contributed by atoms with van der Waals surface area (Å²) in [6.07, 6.45) is 2.02. The van der Waals surface area contributed by atoms with Gasteiger partial charge in [0.05, 0.1) is 6.61 Å². The second-order valence-corrected chi connectivity index (χ2v) is 4.92. The summed E-state index contributed by atoms with van der Waals surface area (Å²) < 4.78 is 5.75. The van der Waals surface area contributed by atoms with Gasteiger partial charge in [-0.3, -0.25) is 4.99 Å².